The summed E-state index contributed by atoms with van der Waals surface area (Å²) in [5, 5.41) is 13.2. The van der Waals surface area contributed by atoms with Crippen LogP contribution in [-0.4, -0.2) is 27.2 Å². The number of nitrogens with zero attached hydrogens (tertiary/aromatic N) is 2. The van der Waals surface area contributed by atoms with E-state index in [0.29, 0.717) is 11.7 Å². The molecule has 2 fully saturated rings. The van der Waals surface area contributed by atoms with Gasteiger partial charge in [-0.15, -0.1) is 0 Å². The monoisotopic (exact) mass is 262 g/mol. The van der Waals surface area contributed by atoms with Crippen molar-refractivity contribution in [3.63, 3.8) is 0 Å². The van der Waals surface area contributed by atoms with Crippen molar-refractivity contribution in [2.24, 2.45) is 5.41 Å². The Labute approximate surface area is 113 Å². The molecular formula is C14H22N4O. The highest BCUT2D eigenvalue weighted by Crippen LogP contribution is 2.43. The van der Waals surface area contributed by atoms with Gasteiger partial charge in [0.1, 0.15) is 17.5 Å². The van der Waals surface area contributed by atoms with E-state index < -0.39 is 0 Å². The smallest absolute Gasteiger partial charge is 0.136 e. The summed E-state index contributed by atoms with van der Waals surface area (Å²) in [5.41, 5.74) is 6.76. The second-order valence-electron chi connectivity index (χ2n) is 6.48. The maximum Gasteiger partial charge on any atom is 0.136 e. The number of aromatic nitrogens is 2. The van der Waals surface area contributed by atoms with Crippen molar-refractivity contribution < 1.29 is 5.11 Å². The molecule has 3 rings (SSSR count). The van der Waals surface area contributed by atoms with E-state index in [9.17, 15) is 5.11 Å². The van der Waals surface area contributed by atoms with Gasteiger partial charge in [0.2, 0.25) is 0 Å². The molecule has 2 unspecified atom stereocenters. The molecule has 0 aromatic carbocycles. The van der Waals surface area contributed by atoms with Gasteiger partial charge >= 0.3 is 0 Å². The zero-order valence-corrected chi connectivity index (χ0v) is 11.8. The first-order chi connectivity index (χ1) is 8.89. The highest BCUT2D eigenvalue weighted by molar-refractivity contribution is 5.56. The van der Waals surface area contributed by atoms with Crippen LogP contribution < -0.4 is 11.1 Å². The van der Waals surface area contributed by atoms with Crippen LogP contribution >= 0.6 is 0 Å². The fourth-order valence-electron chi connectivity index (χ4n) is 2.53. The molecule has 0 spiro atoms. The third-order valence-corrected chi connectivity index (χ3v) is 4.67. The topological polar surface area (TPSA) is 84.1 Å². The van der Waals surface area contributed by atoms with E-state index in [1.165, 1.54) is 0 Å². The molecule has 0 saturated heterocycles. The van der Waals surface area contributed by atoms with Crippen LogP contribution in [0.25, 0.3) is 0 Å². The lowest BCUT2D eigenvalue weighted by Gasteiger charge is -2.49. The normalized spacial score (nSPS) is 28.8. The third kappa shape index (κ3) is 2.06. The summed E-state index contributed by atoms with van der Waals surface area (Å²) in [7, 11) is 0. The maximum atomic E-state index is 9.80. The van der Waals surface area contributed by atoms with E-state index in [2.05, 4.69) is 29.1 Å². The van der Waals surface area contributed by atoms with Crippen molar-refractivity contribution in [1.29, 1.82) is 0 Å². The van der Waals surface area contributed by atoms with E-state index in [4.69, 9.17) is 5.73 Å². The van der Waals surface area contributed by atoms with Gasteiger partial charge in [0.25, 0.3) is 0 Å². The molecule has 2 saturated carbocycles. The average Bonchev–Trinajstić information content (AvgIpc) is 3.18. The molecule has 2 aliphatic carbocycles. The fourth-order valence-corrected chi connectivity index (χ4v) is 2.53. The quantitative estimate of drug-likeness (QED) is 0.773. The largest absolute Gasteiger partial charge is 0.392 e. The lowest BCUT2D eigenvalue weighted by Crippen LogP contribution is -2.57. The van der Waals surface area contributed by atoms with Gasteiger partial charge in [-0.25, -0.2) is 9.97 Å². The van der Waals surface area contributed by atoms with Gasteiger partial charge in [0, 0.05) is 22.9 Å². The number of hydrogen-bond acceptors (Lipinski definition) is 5. The standard InChI is InChI=1S/C14H22N4O/c1-7-11(15)17-13(8-4-5-8)18-12(7)16-9-6-10(19)14(9,2)3/h8-10,19H,4-6H2,1-3H3,(H3,15,16,17,18). The predicted molar refractivity (Wildman–Crippen MR) is 75.0 cm³/mol. The Hall–Kier alpha value is -1.36. The second-order valence-corrected chi connectivity index (χ2v) is 6.48. The second kappa shape index (κ2) is 4.07. The molecule has 0 radical (unpaired) electrons. The Morgan fingerprint density at radius 1 is 1.32 bits per heavy atom. The number of hydrogen-bond donors (Lipinski definition) is 3. The summed E-state index contributed by atoms with van der Waals surface area (Å²) in [6.07, 6.45) is 2.84. The first-order valence-corrected chi connectivity index (χ1v) is 6.98. The van der Waals surface area contributed by atoms with Crippen LogP contribution in [0.2, 0.25) is 0 Å². The molecule has 1 heterocycles. The SMILES string of the molecule is Cc1c(N)nc(C2CC2)nc1NC1CC(O)C1(C)C. The van der Waals surface area contributed by atoms with E-state index in [0.717, 1.165) is 36.5 Å². The number of aliphatic hydroxyl groups excluding tert-OH is 1. The van der Waals surface area contributed by atoms with E-state index in [-0.39, 0.29) is 17.6 Å². The number of anilines is 2. The lowest BCUT2D eigenvalue weighted by molar-refractivity contribution is -0.0511. The molecule has 0 bridgehead atoms. The van der Waals surface area contributed by atoms with Gasteiger partial charge < -0.3 is 16.2 Å². The molecule has 1 aromatic heterocycles. The number of aliphatic hydroxyl groups is 1. The van der Waals surface area contributed by atoms with Crippen molar-refractivity contribution in [2.75, 3.05) is 11.1 Å². The Bertz CT molecular complexity index is 510. The molecular weight excluding hydrogens is 240 g/mol. The summed E-state index contributed by atoms with van der Waals surface area (Å²) in [5.74, 6) is 2.75. The first-order valence-electron chi connectivity index (χ1n) is 6.98. The third-order valence-electron chi connectivity index (χ3n) is 4.67. The first kappa shape index (κ1) is 12.7. The number of nitrogen functional groups attached to an aromatic ring is 1. The van der Waals surface area contributed by atoms with Crippen molar-refractivity contribution in [2.45, 2.75) is 58.1 Å². The van der Waals surface area contributed by atoms with Crippen molar-refractivity contribution >= 4 is 11.6 Å². The predicted octanol–water partition coefficient (Wildman–Crippen LogP) is 1.82. The minimum atomic E-state index is -0.243. The van der Waals surface area contributed by atoms with Crippen LogP contribution in [-0.2, 0) is 0 Å². The summed E-state index contributed by atoms with van der Waals surface area (Å²) in [6, 6.07) is 0.238. The highest BCUT2D eigenvalue weighted by atomic mass is 16.3. The van der Waals surface area contributed by atoms with Crippen molar-refractivity contribution in [3.05, 3.63) is 11.4 Å². The van der Waals surface area contributed by atoms with Gasteiger partial charge in [-0.1, -0.05) is 13.8 Å². The molecule has 2 aliphatic rings. The van der Waals surface area contributed by atoms with E-state index in [1.54, 1.807) is 0 Å². The van der Waals surface area contributed by atoms with Crippen LogP contribution in [0.5, 0.6) is 0 Å². The van der Waals surface area contributed by atoms with E-state index >= 15 is 0 Å². The summed E-state index contributed by atoms with van der Waals surface area (Å²) in [6.45, 7) is 6.08. The number of nitrogens with two attached hydrogens (primary N) is 1. The van der Waals surface area contributed by atoms with Crippen molar-refractivity contribution in [3.8, 4) is 0 Å². The van der Waals surface area contributed by atoms with Crippen LogP contribution in [0.4, 0.5) is 11.6 Å². The Morgan fingerprint density at radius 2 is 2.00 bits per heavy atom. The summed E-state index contributed by atoms with van der Waals surface area (Å²) < 4.78 is 0. The maximum absolute atomic E-state index is 9.80. The van der Waals surface area contributed by atoms with Gasteiger partial charge in [0.05, 0.1) is 6.10 Å². The van der Waals surface area contributed by atoms with Crippen LogP contribution in [0.3, 0.4) is 0 Å². The summed E-state index contributed by atoms with van der Waals surface area (Å²) >= 11 is 0. The molecule has 0 aliphatic heterocycles. The molecule has 19 heavy (non-hydrogen) atoms. The fraction of sp³-hybridized carbons (Fsp3) is 0.714. The molecule has 5 nitrogen and oxygen atoms in total. The van der Waals surface area contributed by atoms with Gasteiger partial charge in [-0.05, 0) is 26.2 Å². The van der Waals surface area contributed by atoms with Gasteiger partial charge in [0.15, 0.2) is 0 Å². The Morgan fingerprint density at radius 3 is 2.53 bits per heavy atom. The minimum Gasteiger partial charge on any atom is -0.392 e. The van der Waals surface area contributed by atoms with Gasteiger partial charge in [-0.3, -0.25) is 0 Å². The Balaban J connectivity index is 1.84. The zero-order chi connectivity index (χ0) is 13.8. The minimum absolute atomic E-state index is 0.119. The zero-order valence-electron chi connectivity index (χ0n) is 11.8. The van der Waals surface area contributed by atoms with Crippen LogP contribution in [0.15, 0.2) is 0 Å². The van der Waals surface area contributed by atoms with Crippen LogP contribution in [0.1, 0.15) is 50.4 Å². The number of rotatable bonds is 3. The molecule has 104 valence electrons. The molecule has 0 amide bonds. The average molecular weight is 262 g/mol. The highest BCUT2D eigenvalue weighted by Gasteiger charge is 2.47. The lowest BCUT2D eigenvalue weighted by atomic mass is 9.64. The molecule has 4 N–H and O–H groups in total. The molecule has 5 heteroatoms. The van der Waals surface area contributed by atoms with Gasteiger partial charge in [-0.2, -0.15) is 0 Å². The molecule has 1 aromatic rings. The van der Waals surface area contributed by atoms with Crippen LogP contribution in [0, 0.1) is 12.3 Å². The van der Waals surface area contributed by atoms with Crippen molar-refractivity contribution in [1.82, 2.24) is 9.97 Å². The van der Waals surface area contributed by atoms with E-state index in [1.807, 2.05) is 6.92 Å². The number of nitrogens with one attached hydrogen (secondary N) is 1. The Kier molecular flexibility index (Phi) is 2.71. The summed E-state index contributed by atoms with van der Waals surface area (Å²) in [4.78, 5) is 9.00. The molecule has 2 atom stereocenters.